The highest BCUT2D eigenvalue weighted by molar-refractivity contribution is 8.00. The summed E-state index contributed by atoms with van der Waals surface area (Å²) >= 11 is -0.199. The molecule has 1 saturated carbocycles. The molecule has 8 heteroatoms. The largest absolute Gasteiger partial charge is 0.446 e. The lowest BCUT2D eigenvalue weighted by molar-refractivity contribution is -0.126. The lowest BCUT2D eigenvalue weighted by Gasteiger charge is -2.31. The van der Waals surface area contributed by atoms with Crippen LogP contribution in [0.4, 0.5) is 13.2 Å². The van der Waals surface area contributed by atoms with E-state index in [2.05, 4.69) is 5.32 Å². The Morgan fingerprint density at radius 3 is 2.16 bits per heavy atom. The number of nitrogens with one attached hydrogen (secondary N) is 1. The van der Waals surface area contributed by atoms with Gasteiger partial charge >= 0.3 is 5.51 Å². The van der Waals surface area contributed by atoms with Crippen molar-refractivity contribution in [1.82, 2.24) is 10.2 Å². The number of amides is 2. The third-order valence-corrected chi connectivity index (χ3v) is 5.15. The monoisotopic (exact) mass is 372 g/mol. The van der Waals surface area contributed by atoms with Crippen LogP contribution in [0.2, 0.25) is 0 Å². The molecule has 1 aromatic carbocycles. The fourth-order valence-electron chi connectivity index (χ4n) is 2.87. The molecule has 1 aromatic rings. The smallest absolute Gasteiger partial charge is 0.353 e. The number of benzene rings is 1. The number of rotatable bonds is 4. The zero-order chi connectivity index (χ0) is 18.0. The molecule has 2 fully saturated rings. The molecule has 1 N–H and O–H groups in total. The zero-order valence-corrected chi connectivity index (χ0v) is 14.3. The Labute approximate surface area is 148 Å². The van der Waals surface area contributed by atoms with Crippen LogP contribution in [-0.2, 0) is 4.79 Å². The maximum Gasteiger partial charge on any atom is 0.446 e. The number of halogens is 3. The Bertz CT molecular complexity index is 636. The number of nitrogens with zero attached hydrogens (tertiary/aromatic N) is 1. The van der Waals surface area contributed by atoms with E-state index in [1.807, 2.05) is 0 Å². The first-order valence-corrected chi connectivity index (χ1v) is 9.09. The summed E-state index contributed by atoms with van der Waals surface area (Å²) in [5.74, 6) is -0.192. The molecular formula is C17H19F3N2O2S. The van der Waals surface area contributed by atoms with Gasteiger partial charge in [-0.05, 0) is 61.7 Å². The minimum Gasteiger partial charge on any atom is -0.353 e. The van der Waals surface area contributed by atoms with E-state index in [0.29, 0.717) is 37.5 Å². The number of hydrogen-bond donors (Lipinski definition) is 1. The molecule has 2 aliphatic rings. The predicted molar refractivity (Wildman–Crippen MR) is 88.1 cm³/mol. The quantitative estimate of drug-likeness (QED) is 0.824. The number of carbonyl (C=O) groups excluding carboxylic acids is 2. The molecule has 1 saturated heterocycles. The van der Waals surface area contributed by atoms with Crippen LogP contribution in [0.5, 0.6) is 0 Å². The minimum absolute atomic E-state index is 0.0551. The Morgan fingerprint density at radius 1 is 1.04 bits per heavy atom. The fourth-order valence-corrected chi connectivity index (χ4v) is 3.41. The molecule has 3 rings (SSSR count). The molecule has 0 spiro atoms. The second-order valence-electron chi connectivity index (χ2n) is 6.42. The van der Waals surface area contributed by atoms with Crippen molar-refractivity contribution in [3.05, 3.63) is 29.8 Å². The number of likely N-dealkylation sites (tertiary alicyclic amines) is 1. The summed E-state index contributed by atoms with van der Waals surface area (Å²) in [6.07, 6.45) is 3.33. The standard InChI is InChI=1S/C17H19F3N2O2S/c18-17(19,20)25-14-5-1-12(2-6-14)16(24)22-9-7-11(8-10-22)15(23)21-13-3-4-13/h1-2,5-6,11,13H,3-4,7-10H2,(H,21,23). The number of thioether (sulfide) groups is 1. The maximum atomic E-state index is 12.5. The second-order valence-corrected chi connectivity index (χ2v) is 7.56. The van der Waals surface area contributed by atoms with Gasteiger partial charge < -0.3 is 10.2 Å². The molecular weight excluding hydrogens is 353 g/mol. The zero-order valence-electron chi connectivity index (χ0n) is 13.5. The van der Waals surface area contributed by atoms with Gasteiger partial charge in [-0.15, -0.1) is 0 Å². The number of piperidine rings is 1. The van der Waals surface area contributed by atoms with Crippen molar-refractivity contribution >= 4 is 23.6 Å². The van der Waals surface area contributed by atoms with Gasteiger partial charge in [0.25, 0.3) is 5.91 Å². The highest BCUT2D eigenvalue weighted by Gasteiger charge is 2.32. The molecule has 1 aliphatic heterocycles. The first-order valence-electron chi connectivity index (χ1n) is 8.27. The van der Waals surface area contributed by atoms with E-state index >= 15 is 0 Å². The fraction of sp³-hybridized carbons (Fsp3) is 0.529. The molecule has 1 heterocycles. The van der Waals surface area contributed by atoms with Gasteiger partial charge in [0.15, 0.2) is 0 Å². The number of hydrogen-bond acceptors (Lipinski definition) is 3. The molecule has 0 radical (unpaired) electrons. The lowest BCUT2D eigenvalue weighted by atomic mass is 9.95. The molecule has 0 bridgehead atoms. The highest BCUT2D eigenvalue weighted by Crippen LogP contribution is 2.36. The van der Waals surface area contributed by atoms with E-state index in [0.717, 1.165) is 12.8 Å². The van der Waals surface area contributed by atoms with Crippen LogP contribution in [0.25, 0.3) is 0 Å². The van der Waals surface area contributed by atoms with Crippen LogP contribution in [0.3, 0.4) is 0 Å². The topological polar surface area (TPSA) is 49.4 Å². The van der Waals surface area contributed by atoms with Gasteiger partial charge in [-0.3, -0.25) is 9.59 Å². The van der Waals surface area contributed by atoms with E-state index in [4.69, 9.17) is 0 Å². The van der Waals surface area contributed by atoms with Crippen molar-refractivity contribution in [1.29, 1.82) is 0 Å². The molecule has 2 amide bonds. The first kappa shape index (κ1) is 18.1. The number of carbonyl (C=O) groups is 2. The summed E-state index contributed by atoms with van der Waals surface area (Å²) in [5.41, 5.74) is -3.97. The summed E-state index contributed by atoms with van der Waals surface area (Å²) in [6, 6.07) is 5.78. The molecule has 0 unspecified atom stereocenters. The molecule has 25 heavy (non-hydrogen) atoms. The highest BCUT2D eigenvalue weighted by atomic mass is 32.2. The van der Waals surface area contributed by atoms with Gasteiger partial charge in [0, 0.05) is 35.5 Å². The van der Waals surface area contributed by atoms with E-state index in [-0.39, 0.29) is 34.4 Å². The van der Waals surface area contributed by atoms with E-state index in [1.165, 1.54) is 24.3 Å². The Morgan fingerprint density at radius 2 is 1.64 bits per heavy atom. The Kier molecular flexibility index (Phi) is 5.27. The van der Waals surface area contributed by atoms with E-state index in [9.17, 15) is 22.8 Å². The lowest BCUT2D eigenvalue weighted by Crippen LogP contribution is -2.43. The van der Waals surface area contributed by atoms with Crippen LogP contribution in [-0.4, -0.2) is 41.4 Å². The normalized spacial score (nSPS) is 18.9. The van der Waals surface area contributed by atoms with Crippen LogP contribution in [0.1, 0.15) is 36.0 Å². The average molecular weight is 372 g/mol. The van der Waals surface area contributed by atoms with Gasteiger partial charge in [0.1, 0.15) is 0 Å². The van der Waals surface area contributed by atoms with Crippen LogP contribution < -0.4 is 5.32 Å². The summed E-state index contributed by atoms with van der Waals surface area (Å²) in [7, 11) is 0. The molecule has 0 aromatic heterocycles. The van der Waals surface area contributed by atoms with Crippen LogP contribution in [0, 0.1) is 5.92 Å². The van der Waals surface area contributed by atoms with Gasteiger partial charge in [-0.2, -0.15) is 13.2 Å². The third kappa shape index (κ3) is 5.14. The molecule has 1 aliphatic carbocycles. The van der Waals surface area contributed by atoms with E-state index < -0.39 is 5.51 Å². The Hall–Kier alpha value is -1.70. The first-order chi connectivity index (χ1) is 11.8. The SMILES string of the molecule is O=C(NC1CC1)C1CCN(C(=O)c2ccc(SC(F)(F)F)cc2)CC1. The van der Waals surface area contributed by atoms with Gasteiger partial charge in [-0.1, -0.05) is 0 Å². The Balaban J connectivity index is 1.52. The summed E-state index contributed by atoms with van der Waals surface area (Å²) in [6.45, 7) is 0.973. The summed E-state index contributed by atoms with van der Waals surface area (Å²) < 4.78 is 37.0. The van der Waals surface area contributed by atoms with Crippen LogP contribution >= 0.6 is 11.8 Å². The summed E-state index contributed by atoms with van der Waals surface area (Å²) in [4.78, 5) is 26.2. The van der Waals surface area contributed by atoms with Crippen molar-refractivity contribution in [3.8, 4) is 0 Å². The second kappa shape index (κ2) is 7.27. The van der Waals surface area contributed by atoms with Gasteiger partial charge in [0.2, 0.25) is 5.91 Å². The number of alkyl halides is 3. The molecule has 0 atom stereocenters. The molecule has 136 valence electrons. The summed E-state index contributed by atoms with van der Waals surface area (Å²) in [5, 5.41) is 2.99. The van der Waals surface area contributed by atoms with Crippen molar-refractivity contribution in [3.63, 3.8) is 0 Å². The van der Waals surface area contributed by atoms with Gasteiger partial charge in [0.05, 0.1) is 0 Å². The predicted octanol–water partition coefficient (Wildman–Crippen LogP) is 3.43. The minimum atomic E-state index is -4.34. The van der Waals surface area contributed by atoms with Crippen LogP contribution in [0.15, 0.2) is 29.2 Å². The third-order valence-electron chi connectivity index (χ3n) is 4.41. The van der Waals surface area contributed by atoms with Crippen molar-refractivity contribution in [2.24, 2.45) is 5.92 Å². The maximum absolute atomic E-state index is 12.5. The van der Waals surface area contributed by atoms with Crippen molar-refractivity contribution in [2.45, 2.75) is 42.1 Å². The van der Waals surface area contributed by atoms with E-state index in [1.54, 1.807) is 4.90 Å². The van der Waals surface area contributed by atoms with Crippen molar-refractivity contribution < 1.29 is 22.8 Å². The average Bonchev–Trinajstić information content (AvgIpc) is 3.37. The van der Waals surface area contributed by atoms with Gasteiger partial charge in [-0.25, -0.2) is 0 Å². The molecule has 4 nitrogen and oxygen atoms in total. The van der Waals surface area contributed by atoms with Crippen molar-refractivity contribution in [2.75, 3.05) is 13.1 Å².